The zero-order valence-corrected chi connectivity index (χ0v) is 16.4. The van der Waals surface area contributed by atoms with E-state index in [0.29, 0.717) is 24.0 Å². The van der Waals surface area contributed by atoms with E-state index in [1.807, 2.05) is 29.3 Å². The minimum atomic E-state index is -0.312. The number of pyridine rings is 1. The number of rotatable bonds is 3. The van der Waals surface area contributed by atoms with E-state index in [4.69, 9.17) is 9.40 Å². The lowest BCUT2D eigenvalue weighted by Gasteiger charge is -2.33. The molecule has 152 valence electrons. The Labute approximate surface area is 176 Å². The van der Waals surface area contributed by atoms with Gasteiger partial charge in [-0.05, 0) is 35.7 Å². The van der Waals surface area contributed by atoms with Crippen LogP contribution in [0.3, 0.4) is 0 Å². The normalized spacial score (nSPS) is 15.9. The minimum Gasteiger partial charge on any atom is -0.403 e. The molecule has 0 aliphatic carbocycles. The van der Waals surface area contributed by atoms with Crippen molar-refractivity contribution < 1.29 is 8.81 Å². The zero-order valence-electron chi connectivity index (χ0n) is 16.4. The van der Waals surface area contributed by atoms with Gasteiger partial charge in [0.15, 0.2) is 0 Å². The van der Waals surface area contributed by atoms with E-state index in [9.17, 15) is 4.39 Å². The molecule has 0 spiro atoms. The Morgan fingerprint density at radius 3 is 2.71 bits per heavy atom. The molecule has 0 fully saturated rings. The van der Waals surface area contributed by atoms with E-state index in [0.717, 1.165) is 34.3 Å². The number of hydrogen-bond acceptors (Lipinski definition) is 6. The van der Waals surface area contributed by atoms with Crippen LogP contribution in [-0.4, -0.2) is 31.7 Å². The summed E-state index contributed by atoms with van der Waals surface area (Å²) in [6, 6.07) is 16.3. The van der Waals surface area contributed by atoms with Gasteiger partial charge in [0, 0.05) is 35.8 Å². The van der Waals surface area contributed by atoms with E-state index in [1.165, 1.54) is 12.1 Å². The highest BCUT2D eigenvalue weighted by atomic mass is 19.1. The summed E-state index contributed by atoms with van der Waals surface area (Å²) in [5.41, 5.74) is 3.50. The molecule has 0 saturated heterocycles. The molecule has 6 rings (SSSR count). The molecular formula is C23H17FN6O. The van der Waals surface area contributed by atoms with Gasteiger partial charge in [-0.25, -0.2) is 9.37 Å². The summed E-state index contributed by atoms with van der Waals surface area (Å²) in [5.74, 6) is 0.0288. The van der Waals surface area contributed by atoms with Crippen molar-refractivity contribution in [2.45, 2.75) is 12.5 Å². The molecule has 31 heavy (non-hydrogen) atoms. The summed E-state index contributed by atoms with van der Waals surface area (Å²) in [6.07, 6.45) is 4.36. The Hall–Kier alpha value is -4.07. The minimum absolute atomic E-state index is 0.263. The third-order valence-corrected chi connectivity index (χ3v) is 5.61. The lowest BCUT2D eigenvalue weighted by Crippen LogP contribution is -2.37. The van der Waals surface area contributed by atoms with Crippen LogP contribution >= 0.6 is 0 Å². The number of aromatic amines is 1. The molecule has 1 aliphatic heterocycles. The van der Waals surface area contributed by atoms with Crippen LogP contribution in [0, 0.1) is 5.82 Å². The molecule has 1 N–H and O–H groups in total. The molecule has 7 nitrogen and oxygen atoms in total. The van der Waals surface area contributed by atoms with Crippen molar-refractivity contribution in [2.75, 3.05) is 11.4 Å². The second-order valence-electron chi connectivity index (χ2n) is 7.47. The molecule has 2 aromatic carbocycles. The van der Waals surface area contributed by atoms with Crippen molar-refractivity contribution in [1.29, 1.82) is 0 Å². The van der Waals surface area contributed by atoms with Gasteiger partial charge in [-0.1, -0.05) is 29.4 Å². The molecule has 1 aliphatic rings. The molecule has 8 heteroatoms. The van der Waals surface area contributed by atoms with Gasteiger partial charge < -0.3 is 14.3 Å². The lowest BCUT2D eigenvalue weighted by molar-refractivity contribution is 0.504. The number of nitrogens with zero attached hydrogens (tertiary/aromatic N) is 5. The third kappa shape index (κ3) is 3.04. The molecule has 0 amide bonds. The SMILES string of the molecule is Fc1ccc(-c2nnc(N3CCc4[nH]cnc4[C@H]3c3cc4ccccc4cn3)o2)cc1. The van der Waals surface area contributed by atoms with E-state index >= 15 is 0 Å². The Morgan fingerprint density at radius 1 is 1.00 bits per heavy atom. The largest absolute Gasteiger partial charge is 0.403 e. The molecule has 3 aromatic heterocycles. The number of imidazole rings is 1. The maximum atomic E-state index is 13.3. The molecule has 5 aromatic rings. The molecule has 4 heterocycles. The number of anilines is 1. The monoisotopic (exact) mass is 412 g/mol. The van der Waals surface area contributed by atoms with Crippen molar-refractivity contribution in [1.82, 2.24) is 25.1 Å². The van der Waals surface area contributed by atoms with Gasteiger partial charge in [0.25, 0.3) is 0 Å². The highest BCUT2D eigenvalue weighted by Crippen LogP contribution is 2.37. The van der Waals surface area contributed by atoms with Crippen molar-refractivity contribution in [3.05, 3.63) is 90.0 Å². The number of benzene rings is 2. The maximum Gasteiger partial charge on any atom is 0.319 e. The first kappa shape index (κ1) is 17.8. The van der Waals surface area contributed by atoms with Gasteiger partial charge in [0.1, 0.15) is 11.9 Å². The Morgan fingerprint density at radius 2 is 1.84 bits per heavy atom. The highest BCUT2D eigenvalue weighted by Gasteiger charge is 2.35. The molecule has 1 atom stereocenters. The Bertz CT molecular complexity index is 1380. The van der Waals surface area contributed by atoms with Crippen molar-refractivity contribution in [2.24, 2.45) is 0 Å². The van der Waals surface area contributed by atoms with Gasteiger partial charge in [-0.2, -0.15) is 0 Å². The molecule has 0 bridgehead atoms. The van der Waals surface area contributed by atoms with Crippen LogP contribution in [0.15, 0.2) is 71.5 Å². The smallest absolute Gasteiger partial charge is 0.319 e. The van der Waals surface area contributed by atoms with Crippen molar-refractivity contribution in [3.63, 3.8) is 0 Å². The molecular weight excluding hydrogens is 395 g/mol. The van der Waals surface area contributed by atoms with Crippen LogP contribution in [0.5, 0.6) is 0 Å². The topological polar surface area (TPSA) is 83.7 Å². The number of fused-ring (bicyclic) bond motifs is 2. The first-order chi connectivity index (χ1) is 15.3. The van der Waals surface area contributed by atoms with Gasteiger partial charge in [-0.15, -0.1) is 5.10 Å². The fourth-order valence-electron chi connectivity index (χ4n) is 4.07. The van der Waals surface area contributed by atoms with Crippen molar-refractivity contribution in [3.8, 4) is 11.5 Å². The number of aromatic nitrogens is 5. The average Bonchev–Trinajstić information content (AvgIpc) is 3.48. The summed E-state index contributed by atoms with van der Waals surface area (Å²) in [5, 5.41) is 10.6. The van der Waals surface area contributed by atoms with E-state index in [-0.39, 0.29) is 11.9 Å². The second-order valence-corrected chi connectivity index (χ2v) is 7.47. The number of hydrogen-bond donors (Lipinski definition) is 1. The lowest BCUT2D eigenvalue weighted by atomic mass is 9.98. The second kappa shape index (κ2) is 7.02. The van der Waals surface area contributed by atoms with Gasteiger partial charge >= 0.3 is 6.01 Å². The first-order valence-electron chi connectivity index (χ1n) is 9.99. The highest BCUT2D eigenvalue weighted by molar-refractivity contribution is 5.82. The predicted molar refractivity (Wildman–Crippen MR) is 113 cm³/mol. The molecule has 0 unspecified atom stereocenters. The summed E-state index contributed by atoms with van der Waals surface area (Å²) in [6.45, 7) is 0.666. The number of H-pyrrole nitrogens is 1. The van der Waals surface area contributed by atoms with Crippen LogP contribution in [0.1, 0.15) is 23.1 Å². The standard InChI is InChI=1S/C23H17FN6O/c24-17-7-5-14(6-8-17)22-28-29-23(31-22)30-10-9-18-20(27-13-26-18)21(30)19-11-15-3-1-2-4-16(15)12-25-19/h1-8,11-13,21H,9-10H2,(H,26,27)/t21-/m1/s1. The zero-order chi connectivity index (χ0) is 20.8. The summed E-state index contributed by atoms with van der Waals surface area (Å²) >= 11 is 0. The molecule has 0 radical (unpaired) electrons. The Kier molecular flexibility index (Phi) is 4.02. The van der Waals surface area contributed by atoms with Crippen LogP contribution in [0.2, 0.25) is 0 Å². The van der Waals surface area contributed by atoms with Crippen LogP contribution < -0.4 is 4.90 Å². The fourth-order valence-corrected chi connectivity index (χ4v) is 4.07. The number of nitrogens with one attached hydrogen (secondary N) is 1. The average molecular weight is 412 g/mol. The van der Waals surface area contributed by atoms with E-state index < -0.39 is 0 Å². The Balaban J connectivity index is 1.44. The summed E-state index contributed by atoms with van der Waals surface area (Å²) in [4.78, 5) is 14.6. The third-order valence-electron chi connectivity index (χ3n) is 5.61. The van der Waals surface area contributed by atoms with Crippen LogP contribution in [0.25, 0.3) is 22.2 Å². The summed E-state index contributed by atoms with van der Waals surface area (Å²) in [7, 11) is 0. The van der Waals surface area contributed by atoms with Crippen LogP contribution in [-0.2, 0) is 6.42 Å². The first-order valence-corrected chi connectivity index (χ1v) is 9.99. The van der Waals surface area contributed by atoms with Crippen LogP contribution in [0.4, 0.5) is 10.4 Å². The maximum absolute atomic E-state index is 13.3. The number of halogens is 1. The van der Waals surface area contributed by atoms with Crippen molar-refractivity contribution >= 4 is 16.8 Å². The molecule has 0 saturated carbocycles. The summed E-state index contributed by atoms with van der Waals surface area (Å²) < 4.78 is 19.3. The quantitative estimate of drug-likeness (QED) is 0.476. The van der Waals surface area contributed by atoms with Gasteiger partial charge in [0.05, 0.1) is 17.7 Å². The predicted octanol–water partition coefficient (Wildman–Crippen LogP) is 4.30. The van der Waals surface area contributed by atoms with Gasteiger partial charge in [-0.3, -0.25) is 4.98 Å². The fraction of sp³-hybridized carbons (Fsp3) is 0.130. The van der Waals surface area contributed by atoms with E-state index in [1.54, 1.807) is 18.5 Å². The van der Waals surface area contributed by atoms with E-state index in [2.05, 4.69) is 32.3 Å². The van der Waals surface area contributed by atoms with Gasteiger partial charge in [0.2, 0.25) is 5.89 Å².